The van der Waals surface area contributed by atoms with Crippen molar-refractivity contribution in [1.29, 1.82) is 0 Å². The summed E-state index contributed by atoms with van der Waals surface area (Å²) in [5.41, 5.74) is 4.51. The second-order valence-corrected chi connectivity index (χ2v) is 4.11. The largest absolute Gasteiger partial charge is 0.478 e. The van der Waals surface area contributed by atoms with Crippen LogP contribution in [0.2, 0.25) is 0 Å². The zero-order chi connectivity index (χ0) is 14.9. The number of benzene rings is 1. The van der Waals surface area contributed by atoms with Crippen molar-refractivity contribution in [2.75, 3.05) is 5.73 Å². The lowest BCUT2D eigenvalue weighted by molar-refractivity contribution is 0.0691. The zero-order valence-electron chi connectivity index (χ0n) is 10.7. The van der Waals surface area contributed by atoms with E-state index in [4.69, 9.17) is 10.8 Å². The highest BCUT2D eigenvalue weighted by Gasteiger charge is 2.27. The molecule has 0 heterocycles. The number of carbonyl (C=O) groups excluding carboxylic acids is 3. The summed E-state index contributed by atoms with van der Waals surface area (Å²) >= 11 is 0. The molecule has 0 saturated heterocycles. The predicted molar refractivity (Wildman–Crippen MR) is 67.8 cm³/mol. The molecule has 6 heteroatoms. The fraction of sp³-hybridized carbons (Fsp3) is 0.231. The first-order valence-electron chi connectivity index (χ1n) is 5.41. The van der Waals surface area contributed by atoms with Crippen LogP contribution in [0.4, 0.5) is 5.69 Å². The number of Topliss-reactive ketones (excluding diaryl/α,β-unsaturated/α-hetero) is 3. The number of ketones is 3. The minimum atomic E-state index is -1.38. The molecule has 0 aliphatic carbocycles. The molecule has 0 atom stereocenters. The number of hydrogen-bond donors (Lipinski definition) is 2. The highest BCUT2D eigenvalue weighted by Crippen LogP contribution is 2.27. The van der Waals surface area contributed by atoms with E-state index in [2.05, 4.69) is 0 Å². The average Bonchev–Trinajstić information content (AvgIpc) is 2.25. The van der Waals surface area contributed by atoms with Gasteiger partial charge in [0.05, 0.1) is 11.1 Å². The van der Waals surface area contributed by atoms with Crippen LogP contribution in [0, 0.1) is 0 Å². The molecule has 0 spiro atoms. The van der Waals surface area contributed by atoms with Crippen LogP contribution in [0.3, 0.4) is 0 Å². The van der Waals surface area contributed by atoms with E-state index < -0.39 is 23.3 Å². The Morgan fingerprint density at radius 2 is 1.32 bits per heavy atom. The van der Waals surface area contributed by atoms with Gasteiger partial charge in [-0.15, -0.1) is 0 Å². The molecule has 6 nitrogen and oxygen atoms in total. The van der Waals surface area contributed by atoms with Crippen LogP contribution in [0.15, 0.2) is 6.07 Å². The summed E-state index contributed by atoms with van der Waals surface area (Å²) in [4.78, 5) is 46.0. The van der Waals surface area contributed by atoms with Crippen LogP contribution < -0.4 is 5.73 Å². The minimum absolute atomic E-state index is 0.109. The van der Waals surface area contributed by atoms with Crippen LogP contribution >= 0.6 is 0 Å². The molecule has 0 radical (unpaired) electrons. The van der Waals surface area contributed by atoms with Crippen molar-refractivity contribution in [3.63, 3.8) is 0 Å². The van der Waals surface area contributed by atoms with Crippen LogP contribution in [0.1, 0.15) is 62.2 Å². The summed E-state index contributed by atoms with van der Waals surface area (Å²) in [6, 6.07) is 1.03. The summed E-state index contributed by atoms with van der Waals surface area (Å²) < 4.78 is 0. The van der Waals surface area contributed by atoms with Crippen molar-refractivity contribution in [2.24, 2.45) is 0 Å². The van der Waals surface area contributed by atoms with Gasteiger partial charge in [0.25, 0.3) is 0 Å². The van der Waals surface area contributed by atoms with Gasteiger partial charge in [0, 0.05) is 16.8 Å². The number of nitrogens with two attached hydrogens (primary N) is 1. The molecule has 100 valence electrons. The Morgan fingerprint density at radius 1 is 0.895 bits per heavy atom. The summed E-state index contributed by atoms with van der Waals surface area (Å²) in [6.07, 6.45) is 0. The van der Waals surface area contributed by atoms with Gasteiger partial charge in [-0.05, 0) is 26.8 Å². The fourth-order valence-corrected chi connectivity index (χ4v) is 1.97. The zero-order valence-corrected chi connectivity index (χ0v) is 10.7. The molecule has 0 unspecified atom stereocenters. The van der Waals surface area contributed by atoms with Crippen molar-refractivity contribution < 1.29 is 24.3 Å². The monoisotopic (exact) mass is 263 g/mol. The van der Waals surface area contributed by atoms with E-state index in [-0.39, 0.29) is 27.9 Å². The van der Waals surface area contributed by atoms with Gasteiger partial charge in [-0.3, -0.25) is 14.4 Å². The Kier molecular flexibility index (Phi) is 3.84. The number of carboxylic acid groups (broad SMARTS) is 1. The Balaban J connectivity index is 3.98. The Hall–Kier alpha value is -2.50. The van der Waals surface area contributed by atoms with E-state index in [1.54, 1.807) is 0 Å². The predicted octanol–water partition coefficient (Wildman–Crippen LogP) is 1.57. The molecule has 0 amide bonds. The van der Waals surface area contributed by atoms with Gasteiger partial charge in [0.1, 0.15) is 0 Å². The Bertz CT molecular complexity index is 616. The number of carbonyl (C=O) groups is 4. The Morgan fingerprint density at radius 3 is 1.63 bits per heavy atom. The van der Waals surface area contributed by atoms with Crippen molar-refractivity contribution in [3.8, 4) is 0 Å². The minimum Gasteiger partial charge on any atom is -0.478 e. The second kappa shape index (κ2) is 5.01. The van der Waals surface area contributed by atoms with E-state index in [1.807, 2.05) is 0 Å². The highest BCUT2D eigenvalue weighted by molar-refractivity contribution is 6.19. The van der Waals surface area contributed by atoms with Gasteiger partial charge < -0.3 is 10.8 Å². The van der Waals surface area contributed by atoms with Gasteiger partial charge in [0.2, 0.25) is 0 Å². The molecule has 0 aliphatic heterocycles. The molecule has 3 N–H and O–H groups in total. The number of anilines is 1. The lowest BCUT2D eigenvalue weighted by Gasteiger charge is -2.14. The number of nitrogen functional groups attached to an aromatic ring is 1. The summed E-state index contributed by atoms with van der Waals surface area (Å²) in [6.45, 7) is 3.48. The SMILES string of the molecule is CC(=O)c1c(N)cc(C(=O)O)c(C(C)=O)c1C(C)=O. The second-order valence-electron chi connectivity index (χ2n) is 4.11. The third-order valence-electron chi connectivity index (χ3n) is 2.64. The van der Waals surface area contributed by atoms with Crippen LogP contribution in [0.25, 0.3) is 0 Å². The topological polar surface area (TPSA) is 115 Å². The van der Waals surface area contributed by atoms with E-state index >= 15 is 0 Å². The van der Waals surface area contributed by atoms with Gasteiger partial charge in [-0.25, -0.2) is 4.79 Å². The normalized spacial score (nSPS) is 10.1. The van der Waals surface area contributed by atoms with Gasteiger partial charge in [-0.2, -0.15) is 0 Å². The average molecular weight is 263 g/mol. The molecule has 1 rings (SSSR count). The van der Waals surface area contributed by atoms with Crippen molar-refractivity contribution >= 4 is 29.0 Å². The molecular weight excluding hydrogens is 250 g/mol. The molecule has 1 aromatic rings. The fourth-order valence-electron chi connectivity index (χ4n) is 1.97. The third kappa shape index (κ3) is 2.52. The number of hydrogen-bond acceptors (Lipinski definition) is 5. The molecule has 19 heavy (non-hydrogen) atoms. The van der Waals surface area contributed by atoms with Crippen LogP contribution in [-0.4, -0.2) is 28.4 Å². The smallest absolute Gasteiger partial charge is 0.336 e. The van der Waals surface area contributed by atoms with Crippen LogP contribution in [-0.2, 0) is 0 Å². The maximum atomic E-state index is 11.7. The van der Waals surface area contributed by atoms with Crippen molar-refractivity contribution in [1.82, 2.24) is 0 Å². The van der Waals surface area contributed by atoms with Crippen molar-refractivity contribution in [3.05, 3.63) is 28.3 Å². The molecule has 0 bridgehead atoms. The molecule has 0 fully saturated rings. The quantitative estimate of drug-likeness (QED) is 0.629. The first-order chi connectivity index (χ1) is 8.68. The lowest BCUT2D eigenvalue weighted by atomic mass is 9.88. The van der Waals surface area contributed by atoms with E-state index in [0.29, 0.717) is 0 Å². The van der Waals surface area contributed by atoms with Gasteiger partial charge >= 0.3 is 5.97 Å². The Labute approximate surface area is 109 Å². The van der Waals surface area contributed by atoms with E-state index in [9.17, 15) is 19.2 Å². The van der Waals surface area contributed by atoms with Gasteiger partial charge in [-0.1, -0.05) is 0 Å². The molecule has 0 aliphatic rings. The first kappa shape index (κ1) is 14.6. The maximum absolute atomic E-state index is 11.7. The van der Waals surface area contributed by atoms with Gasteiger partial charge in [0.15, 0.2) is 17.3 Å². The standard InChI is InChI=1S/C13H13NO5/c1-5(15)10-8(13(18)19)4-9(14)11(6(2)16)12(10)7(3)17/h4H,14H2,1-3H3,(H,18,19). The van der Waals surface area contributed by atoms with Crippen LogP contribution in [0.5, 0.6) is 0 Å². The maximum Gasteiger partial charge on any atom is 0.336 e. The van der Waals surface area contributed by atoms with Crippen molar-refractivity contribution in [2.45, 2.75) is 20.8 Å². The molecule has 0 aromatic heterocycles. The summed E-state index contributed by atoms with van der Waals surface area (Å²) in [5.74, 6) is -3.06. The first-order valence-corrected chi connectivity index (χ1v) is 5.41. The highest BCUT2D eigenvalue weighted by atomic mass is 16.4. The van der Waals surface area contributed by atoms with E-state index in [0.717, 1.165) is 19.9 Å². The third-order valence-corrected chi connectivity index (χ3v) is 2.64. The number of rotatable bonds is 4. The van der Waals surface area contributed by atoms with E-state index in [1.165, 1.54) is 6.92 Å². The summed E-state index contributed by atoms with van der Waals surface area (Å²) in [7, 11) is 0. The lowest BCUT2D eigenvalue weighted by Crippen LogP contribution is -2.18. The molecular formula is C13H13NO5. The molecule has 0 saturated carbocycles. The number of carboxylic acids is 1. The molecule has 1 aromatic carbocycles. The number of aromatic carboxylic acids is 1. The summed E-state index contributed by atoms with van der Waals surface area (Å²) in [5, 5.41) is 9.07.